The van der Waals surface area contributed by atoms with Crippen LogP contribution in [0.4, 0.5) is 0 Å². The Bertz CT molecular complexity index is 605. The standard InChI is InChI=1S/C16H22I2N4O2S/c17-22(18)14(23)13(8-4-5-9-19)20-15(24)16(21-25)10-12(16)11-6-2-1-3-7-11/h1-3,6-7,12-13,21,25H,4-5,8-10,19H2,(H,20,24)/t12-,13-,16?/m0/s1. The number of amides is 2. The first-order valence-corrected chi connectivity index (χ1v) is 10.5. The molecule has 0 bridgehead atoms. The van der Waals surface area contributed by atoms with E-state index in [1.165, 1.54) is 1.33 Å². The lowest BCUT2D eigenvalue weighted by atomic mass is 10.0. The lowest BCUT2D eigenvalue weighted by Crippen LogP contribution is -2.52. The summed E-state index contributed by atoms with van der Waals surface area (Å²) in [6.07, 6.45) is 2.85. The molecule has 4 N–H and O–H groups in total. The number of thiol groups is 1. The van der Waals surface area contributed by atoms with Crippen LogP contribution in [0.25, 0.3) is 0 Å². The second kappa shape index (κ2) is 9.72. The Hall–Kier alpha value is -0.110. The molecular weight excluding hydrogens is 566 g/mol. The average molecular weight is 588 g/mol. The second-order valence-electron chi connectivity index (χ2n) is 6.13. The minimum Gasteiger partial charge on any atom is -0.343 e. The van der Waals surface area contributed by atoms with E-state index in [0.717, 1.165) is 18.4 Å². The molecule has 1 saturated carbocycles. The van der Waals surface area contributed by atoms with E-state index in [4.69, 9.17) is 5.73 Å². The van der Waals surface area contributed by atoms with E-state index in [1.807, 2.05) is 76.1 Å². The Balaban J connectivity index is 2.07. The molecule has 2 amide bonds. The van der Waals surface area contributed by atoms with Gasteiger partial charge in [-0.2, -0.15) is 0 Å². The normalized spacial score (nSPS) is 23.0. The van der Waals surface area contributed by atoms with Gasteiger partial charge in [-0.15, -0.1) is 0 Å². The Morgan fingerprint density at radius 2 is 2.00 bits per heavy atom. The van der Waals surface area contributed by atoms with Crippen molar-refractivity contribution in [3.63, 3.8) is 0 Å². The van der Waals surface area contributed by atoms with Crippen LogP contribution >= 0.6 is 58.5 Å². The first kappa shape index (κ1) is 21.2. The maximum absolute atomic E-state index is 12.9. The molecule has 0 radical (unpaired) electrons. The quantitative estimate of drug-likeness (QED) is 0.155. The van der Waals surface area contributed by atoms with Gasteiger partial charge in [0, 0.05) is 5.92 Å². The summed E-state index contributed by atoms with van der Waals surface area (Å²) in [6.45, 7) is 0.575. The molecule has 2 rings (SSSR count). The van der Waals surface area contributed by atoms with Crippen LogP contribution in [0.2, 0.25) is 0 Å². The molecule has 1 aromatic rings. The molecule has 1 aliphatic rings. The molecule has 9 heteroatoms. The number of carbonyl (C=O) groups is 2. The number of nitrogens with one attached hydrogen (secondary N) is 2. The molecule has 0 saturated heterocycles. The Labute approximate surface area is 181 Å². The summed E-state index contributed by atoms with van der Waals surface area (Å²) in [6, 6.07) is 9.32. The van der Waals surface area contributed by atoms with Crippen LogP contribution in [0.15, 0.2) is 30.3 Å². The number of nitrogens with two attached hydrogens (primary N) is 1. The summed E-state index contributed by atoms with van der Waals surface area (Å²) in [5.74, 6) is -0.254. The number of unbranched alkanes of at least 4 members (excludes halogenated alkanes) is 1. The van der Waals surface area contributed by atoms with Crippen LogP contribution in [-0.2, 0) is 9.59 Å². The van der Waals surface area contributed by atoms with Crippen molar-refractivity contribution in [3.8, 4) is 0 Å². The van der Waals surface area contributed by atoms with Crippen LogP contribution in [0.5, 0.6) is 0 Å². The van der Waals surface area contributed by atoms with Crippen molar-refractivity contribution >= 4 is 70.4 Å². The van der Waals surface area contributed by atoms with Crippen LogP contribution in [-0.4, -0.2) is 31.3 Å². The first-order chi connectivity index (χ1) is 12.0. The van der Waals surface area contributed by atoms with Crippen LogP contribution in [0, 0.1) is 0 Å². The van der Waals surface area contributed by atoms with Gasteiger partial charge >= 0.3 is 0 Å². The summed E-state index contributed by atoms with van der Waals surface area (Å²) in [5.41, 5.74) is 5.86. The number of hydrogen-bond acceptors (Lipinski definition) is 5. The molecule has 0 heterocycles. The third-order valence-electron chi connectivity index (χ3n) is 4.48. The maximum atomic E-state index is 12.9. The van der Waals surface area contributed by atoms with Gasteiger partial charge in [0.2, 0.25) is 5.91 Å². The number of nitrogens with zero attached hydrogens (tertiary/aromatic N) is 1. The van der Waals surface area contributed by atoms with Crippen molar-refractivity contribution in [2.45, 2.75) is 43.2 Å². The maximum Gasteiger partial charge on any atom is 0.262 e. The number of benzene rings is 1. The fourth-order valence-corrected chi connectivity index (χ4v) is 3.95. The summed E-state index contributed by atoms with van der Waals surface area (Å²) < 4.78 is 4.32. The highest BCUT2D eigenvalue weighted by atomic mass is 127. The Morgan fingerprint density at radius 3 is 2.56 bits per heavy atom. The molecule has 25 heavy (non-hydrogen) atoms. The molecule has 138 valence electrons. The molecular formula is C16H22I2N4O2S. The van der Waals surface area contributed by atoms with Crippen molar-refractivity contribution < 1.29 is 9.59 Å². The SMILES string of the molecule is NCCCC[C@H](NC(=O)C1(NS)C[C@H]1c1ccccc1)C(=O)N(I)I. The molecule has 0 aliphatic heterocycles. The fraction of sp³-hybridized carbons (Fsp3) is 0.500. The monoisotopic (exact) mass is 588 g/mol. The lowest BCUT2D eigenvalue weighted by molar-refractivity contribution is -0.130. The van der Waals surface area contributed by atoms with Gasteiger partial charge < -0.3 is 11.1 Å². The molecule has 1 aromatic carbocycles. The van der Waals surface area contributed by atoms with Gasteiger partial charge in [-0.1, -0.05) is 43.1 Å². The molecule has 3 atom stereocenters. The molecule has 1 fully saturated rings. The predicted molar refractivity (Wildman–Crippen MR) is 118 cm³/mol. The highest BCUT2D eigenvalue weighted by molar-refractivity contribution is 14.2. The zero-order valence-corrected chi connectivity index (χ0v) is 18.8. The van der Waals surface area contributed by atoms with E-state index in [1.54, 1.807) is 0 Å². The van der Waals surface area contributed by atoms with Gasteiger partial charge in [-0.25, -0.2) is 1.33 Å². The number of halogens is 2. The van der Waals surface area contributed by atoms with Crippen LogP contribution in [0.1, 0.15) is 37.2 Å². The van der Waals surface area contributed by atoms with Gasteiger partial charge in [-0.05, 0) is 37.8 Å². The summed E-state index contributed by atoms with van der Waals surface area (Å²) >= 11 is 8.02. The van der Waals surface area contributed by atoms with Gasteiger partial charge in [0.1, 0.15) is 11.6 Å². The highest BCUT2D eigenvalue weighted by Gasteiger charge is 2.60. The van der Waals surface area contributed by atoms with E-state index >= 15 is 0 Å². The smallest absolute Gasteiger partial charge is 0.262 e. The predicted octanol–water partition coefficient (Wildman–Crippen LogP) is 2.49. The molecule has 0 aromatic heterocycles. The largest absolute Gasteiger partial charge is 0.343 e. The van der Waals surface area contributed by atoms with Crippen molar-refractivity contribution in [1.82, 2.24) is 11.4 Å². The molecule has 1 unspecified atom stereocenters. The van der Waals surface area contributed by atoms with Gasteiger partial charge in [-0.3, -0.25) is 14.3 Å². The van der Waals surface area contributed by atoms with Crippen molar-refractivity contribution in [3.05, 3.63) is 35.9 Å². The highest BCUT2D eigenvalue weighted by Crippen LogP contribution is 2.52. The van der Waals surface area contributed by atoms with E-state index in [-0.39, 0.29) is 17.7 Å². The minimum atomic E-state index is -0.766. The lowest BCUT2D eigenvalue weighted by Gasteiger charge is -2.23. The Morgan fingerprint density at radius 1 is 1.32 bits per heavy atom. The van der Waals surface area contributed by atoms with Crippen LogP contribution in [0.3, 0.4) is 0 Å². The Kier molecular flexibility index (Phi) is 8.24. The molecule has 0 spiro atoms. The second-order valence-corrected chi connectivity index (χ2v) is 10.1. The van der Waals surface area contributed by atoms with Gasteiger partial charge in [0.25, 0.3) is 5.91 Å². The zero-order valence-electron chi connectivity index (χ0n) is 13.6. The van der Waals surface area contributed by atoms with Crippen molar-refractivity contribution in [1.29, 1.82) is 0 Å². The first-order valence-electron chi connectivity index (χ1n) is 8.09. The average Bonchev–Trinajstić information content (AvgIpc) is 3.37. The topological polar surface area (TPSA) is 87.5 Å². The fourth-order valence-electron chi connectivity index (χ4n) is 2.93. The van der Waals surface area contributed by atoms with E-state index in [9.17, 15) is 9.59 Å². The van der Waals surface area contributed by atoms with Crippen LogP contribution < -0.4 is 15.8 Å². The van der Waals surface area contributed by atoms with E-state index < -0.39 is 11.6 Å². The molecule has 1 aliphatic carbocycles. The zero-order chi connectivity index (χ0) is 18.4. The van der Waals surface area contributed by atoms with Crippen molar-refractivity contribution in [2.24, 2.45) is 5.73 Å². The molecule has 6 nitrogen and oxygen atoms in total. The summed E-state index contributed by atoms with van der Waals surface area (Å²) in [5, 5.41) is 2.92. The summed E-state index contributed by atoms with van der Waals surface area (Å²) in [7, 11) is 0. The number of hydrogen-bond donors (Lipinski definition) is 4. The summed E-state index contributed by atoms with van der Waals surface area (Å²) in [4.78, 5) is 25.3. The third-order valence-corrected chi connectivity index (χ3v) is 5.83. The minimum absolute atomic E-state index is 0.0568. The van der Waals surface area contributed by atoms with E-state index in [2.05, 4.69) is 22.9 Å². The number of rotatable bonds is 9. The van der Waals surface area contributed by atoms with Gasteiger partial charge in [0.15, 0.2) is 0 Å². The third kappa shape index (κ3) is 5.21. The van der Waals surface area contributed by atoms with Crippen molar-refractivity contribution in [2.75, 3.05) is 6.54 Å². The van der Waals surface area contributed by atoms with E-state index in [0.29, 0.717) is 19.4 Å². The number of carbonyl (C=O) groups excluding carboxylic acids is 2. The van der Waals surface area contributed by atoms with Gasteiger partial charge in [0.05, 0.1) is 45.7 Å².